The molecule has 6 nitrogen and oxygen atoms in total. The molecule has 6 heteroatoms. The number of amides is 2. The molecule has 0 spiro atoms. The van der Waals surface area contributed by atoms with Crippen LogP contribution in [0.5, 0.6) is 5.75 Å². The van der Waals surface area contributed by atoms with E-state index < -0.39 is 0 Å². The number of aryl methyl sites for hydroxylation is 1. The Morgan fingerprint density at radius 3 is 2.55 bits per heavy atom. The fourth-order valence-electron chi connectivity index (χ4n) is 3.61. The van der Waals surface area contributed by atoms with E-state index in [1.54, 1.807) is 7.11 Å². The monoisotopic (exact) mass is 396 g/mol. The highest BCUT2D eigenvalue weighted by Gasteiger charge is 2.38. The number of likely N-dealkylation sites (tertiary alicyclic amines) is 1. The van der Waals surface area contributed by atoms with E-state index in [4.69, 9.17) is 9.15 Å². The minimum atomic E-state index is -0.226. The molecule has 1 aromatic carbocycles. The lowest BCUT2D eigenvalue weighted by molar-refractivity contribution is -0.136. The molecule has 0 bridgehead atoms. The zero-order valence-electron chi connectivity index (χ0n) is 18.0. The van der Waals surface area contributed by atoms with E-state index in [2.05, 4.69) is 0 Å². The number of likely N-dealkylation sites (N-methyl/N-ethyl adjacent to an activating group) is 1. The maximum Gasteiger partial charge on any atom is 0.261 e. The Morgan fingerprint density at radius 2 is 1.93 bits per heavy atom. The molecular weight excluding hydrogens is 368 g/mol. The average molecular weight is 396 g/mol. The van der Waals surface area contributed by atoms with E-state index in [-0.39, 0.29) is 11.8 Å². The molecule has 0 radical (unpaired) electrons. The third-order valence-electron chi connectivity index (χ3n) is 5.18. The highest BCUT2D eigenvalue weighted by molar-refractivity contribution is 6.24. The van der Waals surface area contributed by atoms with Crippen LogP contribution in [0.4, 0.5) is 0 Å². The van der Waals surface area contributed by atoms with E-state index in [0.29, 0.717) is 30.7 Å². The topological polar surface area (TPSA) is 63.0 Å². The van der Waals surface area contributed by atoms with Crippen LogP contribution >= 0.6 is 0 Å². The standard InChI is InChI=1S/C23H28N2O4/c1-14(2)21-18(22(26)25(23(21)27)12-11-24(4)5)9-8-17-15(3)29-20-10-7-16(28-6)13-19(17)20/h7,9-10,13H,8,11-12H2,1-6H3. The molecule has 1 saturated heterocycles. The summed E-state index contributed by atoms with van der Waals surface area (Å²) in [5, 5.41) is 0.957. The highest BCUT2D eigenvalue weighted by Crippen LogP contribution is 2.32. The summed E-state index contributed by atoms with van der Waals surface area (Å²) in [5.41, 5.74) is 3.60. The quantitative estimate of drug-likeness (QED) is 0.553. The molecule has 1 fully saturated rings. The van der Waals surface area contributed by atoms with Crippen LogP contribution in [0.2, 0.25) is 0 Å². The molecule has 0 atom stereocenters. The Bertz CT molecular complexity index is 1020. The van der Waals surface area contributed by atoms with Gasteiger partial charge in [0.05, 0.1) is 12.7 Å². The summed E-state index contributed by atoms with van der Waals surface area (Å²) in [6, 6.07) is 5.68. The number of fused-ring (bicyclic) bond motifs is 1. The van der Waals surface area contributed by atoms with Crippen LogP contribution in [-0.4, -0.2) is 55.9 Å². The van der Waals surface area contributed by atoms with Crippen molar-refractivity contribution in [2.75, 3.05) is 34.3 Å². The maximum atomic E-state index is 13.0. The molecule has 0 saturated carbocycles. The second kappa shape index (κ2) is 8.25. The van der Waals surface area contributed by atoms with E-state index >= 15 is 0 Å². The Balaban J connectivity index is 1.98. The van der Waals surface area contributed by atoms with Crippen molar-refractivity contribution in [2.24, 2.45) is 0 Å². The van der Waals surface area contributed by atoms with Crippen molar-refractivity contribution in [2.45, 2.75) is 27.2 Å². The summed E-state index contributed by atoms with van der Waals surface area (Å²) in [5.74, 6) is 1.11. The lowest BCUT2D eigenvalue weighted by Crippen LogP contribution is -2.35. The first kappa shape index (κ1) is 20.9. The molecule has 1 aliphatic heterocycles. The summed E-state index contributed by atoms with van der Waals surface area (Å²) < 4.78 is 11.2. The van der Waals surface area contributed by atoms with Gasteiger partial charge in [-0.15, -0.1) is 0 Å². The number of carbonyl (C=O) groups is 2. The van der Waals surface area contributed by atoms with Crippen LogP contribution in [-0.2, 0) is 16.0 Å². The van der Waals surface area contributed by atoms with E-state index in [0.717, 1.165) is 33.6 Å². The predicted octanol–water partition coefficient (Wildman–Crippen LogP) is 3.49. The number of ether oxygens (including phenoxy) is 1. The lowest BCUT2D eigenvalue weighted by Gasteiger charge is -2.16. The Labute approximate surface area is 171 Å². The third kappa shape index (κ3) is 3.98. The number of methoxy groups -OCH3 is 1. The number of furan rings is 1. The Morgan fingerprint density at radius 1 is 1.21 bits per heavy atom. The van der Waals surface area contributed by atoms with Crippen molar-refractivity contribution in [3.05, 3.63) is 52.3 Å². The molecule has 29 heavy (non-hydrogen) atoms. The van der Waals surface area contributed by atoms with Gasteiger partial charge in [-0.1, -0.05) is 11.6 Å². The van der Waals surface area contributed by atoms with Crippen LogP contribution in [0.3, 0.4) is 0 Å². The van der Waals surface area contributed by atoms with Crippen molar-refractivity contribution >= 4 is 22.8 Å². The number of rotatable bonds is 6. The molecule has 1 aliphatic rings. The number of imide groups is 1. The van der Waals surface area contributed by atoms with Crippen molar-refractivity contribution < 1.29 is 18.7 Å². The van der Waals surface area contributed by atoms with Gasteiger partial charge in [0.25, 0.3) is 11.8 Å². The number of hydrogen-bond donors (Lipinski definition) is 0. The first-order chi connectivity index (χ1) is 13.7. The lowest BCUT2D eigenvalue weighted by atomic mass is 10.00. The molecular formula is C23H28N2O4. The number of carbonyl (C=O) groups excluding carboxylic acids is 2. The molecule has 3 rings (SSSR count). The third-order valence-corrected chi connectivity index (χ3v) is 5.18. The van der Waals surface area contributed by atoms with Gasteiger partial charge in [-0.25, -0.2) is 0 Å². The number of allylic oxidation sites excluding steroid dienone is 2. The normalized spacial score (nSPS) is 16.0. The highest BCUT2D eigenvalue weighted by atomic mass is 16.5. The predicted molar refractivity (Wildman–Crippen MR) is 113 cm³/mol. The fraction of sp³-hybridized carbons (Fsp3) is 0.391. The molecule has 2 heterocycles. The van der Waals surface area contributed by atoms with Gasteiger partial charge in [-0.2, -0.15) is 0 Å². The van der Waals surface area contributed by atoms with Crippen LogP contribution in [0.25, 0.3) is 11.0 Å². The summed E-state index contributed by atoms with van der Waals surface area (Å²) in [6.45, 7) is 6.66. The first-order valence-corrected chi connectivity index (χ1v) is 9.69. The van der Waals surface area contributed by atoms with E-state index in [9.17, 15) is 9.59 Å². The minimum absolute atomic E-state index is 0.210. The zero-order valence-corrected chi connectivity index (χ0v) is 18.0. The summed E-state index contributed by atoms with van der Waals surface area (Å²) >= 11 is 0. The van der Waals surface area contributed by atoms with Gasteiger partial charge in [0, 0.05) is 29.6 Å². The molecule has 0 aliphatic carbocycles. The second-order valence-electron chi connectivity index (χ2n) is 7.76. The van der Waals surface area contributed by atoms with Crippen LogP contribution in [0, 0.1) is 6.92 Å². The molecule has 0 N–H and O–H groups in total. The SMILES string of the molecule is COc1ccc2oc(C)c(CC=C3C(=O)N(CCN(C)C)C(=O)C3=C(C)C)c2c1. The van der Waals surface area contributed by atoms with Crippen LogP contribution in [0.15, 0.2) is 45.4 Å². The smallest absolute Gasteiger partial charge is 0.261 e. The van der Waals surface area contributed by atoms with Crippen molar-refractivity contribution in [1.82, 2.24) is 9.80 Å². The van der Waals surface area contributed by atoms with Gasteiger partial charge in [0.1, 0.15) is 17.1 Å². The summed E-state index contributed by atoms with van der Waals surface area (Å²) in [7, 11) is 5.47. The summed E-state index contributed by atoms with van der Waals surface area (Å²) in [4.78, 5) is 29.2. The second-order valence-corrected chi connectivity index (χ2v) is 7.76. The van der Waals surface area contributed by atoms with Gasteiger partial charge in [-0.3, -0.25) is 14.5 Å². The van der Waals surface area contributed by atoms with E-state index in [1.165, 1.54) is 4.90 Å². The largest absolute Gasteiger partial charge is 0.497 e. The maximum absolute atomic E-state index is 13.0. The molecule has 2 amide bonds. The average Bonchev–Trinajstić information content (AvgIpc) is 3.10. The van der Waals surface area contributed by atoms with Crippen molar-refractivity contribution in [3.63, 3.8) is 0 Å². The van der Waals surface area contributed by atoms with E-state index in [1.807, 2.05) is 64.0 Å². The number of hydrogen-bond acceptors (Lipinski definition) is 5. The fourth-order valence-corrected chi connectivity index (χ4v) is 3.61. The molecule has 154 valence electrons. The number of benzene rings is 1. The molecule has 0 unspecified atom stereocenters. The first-order valence-electron chi connectivity index (χ1n) is 9.69. The Kier molecular flexibility index (Phi) is 5.94. The van der Waals surface area contributed by atoms with Gasteiger partial charge < -0.3 is 14.1 Å². The number of nitrogens with zero attached hydrogens (tertiary/aromatic N) is 2. The van der Waals surface area contributed by atoms with Gasteiger partial charge >= 0.3 is 0 Å². The molecule has 2 aromatic rings. The van der Waals surface area contributed by atoms with Crippen molar-refractivity contribution in [1.29, 1.82) is 0 Å². The van der Waals surface area contributed by atoms with Gasteiger partial charge in [-0.05, 0) is 59.5 Å². The van der Waals surface area contributed by atoms with Gasteiger partial charge in [0.15, 0.2) is 0 Å². The van der Waals surface area contributed by atoms with Crippen molar-refractivity contribution in [3.8, 4) is 5.75 Å². The molecule has 1 aromatic heterocycles. The Hall–Kier alpha value is -2.86. The zero-order chi connectivity index (χ0) is 21.3. The van der Waals surface area contributed by atoms with Crippen LogP contribution in [0.1, 0.15) is 25.2 Å². The minimum Gasteiger partial charge on any atom is -0.497 e. The summed E-state index contributed by atoms with van der Waals surface area (Å²) in [6.07, 6.45) is 2.35. The van der Waals surface area contributed by atoms with Crippen LogP contribution < -0.4 is 4.74 Å². The van der Waals surface area contributed by atoms with Gasteiger partial charge in [0.2, 0.25) is 0 Å².